The molecule has 0 radical (unpaired) electrons. The minimum absolute atomic E-state index is 0.0176. The highest BCUT2D eigenvalue weighted by molar-refractivity contribution is 5.94. The maximum atomic E-state index is 11.2. The maximum Gasteiger partial charge on any atom is 0.318 e. The molecule has 0 aliphatic rings. The fraction of sp³-hybridized carbons (Fsp3) is 0.750. The molecule has 0 aromatic rings. The molecule has 0 saturated heterocycles. The number of ketones is 1. The van der Waals surface area contributed by atoms with Gasteiger partial charge in [-0.1, -0.05) is 26.7 Å². The summed E-state index contributed by atoms with van der Waals surface area (Å²) in [7, 11) is 0. The van der Waals surface area contributed by atoms with Gasteiger partial charge in [-0.05, 0) is 18.8 Å². The van der Waals surface area contributed by atoms with Gasteiger partial charge in [-0.15, -0.1) is 0 Å². The molecule has 0 aromatic heterocycles. The van der Waals surface area contributed by atoms with Crippen LogP contribution in [0.5, 0.6) is 0 Å². The Morgan fingerprint density at radius 1 is 1.18 bits per heavy atom. The number of hydrogen-bond donors (Lipinski definition) is 2. The highest BCUT2D eigenvalue weighted by atomic mass is 16.4. The van der Waals surface area contributed by atoms with Gasteiger partial charge in [-0.2, -0.15) is 0 Å². The first kappa shape index (κ1) is 15.6. The van der Waals surface area contributed by atoms with Crippen LogP contribution in [0.15, 0.2) is 0 Å². The normalized spacial score (nSPS) is 14.4. The van der Waals surface area contributed by atoms with Gasteiger partial charge in [0.25, 0.3) is 0 Å². The van der Waals surface area contributed by atoms with Crippen LogP contribution in [0.1, 0.15) is 46.5 Å². The monoisotopic (exact) mass is 244 g/mol. The minimum atomic E-state index is -1.53. The number of Topliss-reactive ketones (excluding diaryl/α,β-unsaturated/α-hetero) is 1. The molecule has 0 fully saturated rings. The predicted molar refractivity (Wildman–Crippen MR) is 61.7 cm³/mol. The Bertz CT molecular complexity index is 296. The van der Waals surface area contributed by atoms with Crippen LogP contribution >= 0.6 is 0 Å². The fourth-order valence-corrected chi connectivity index (χ4v) is 2.19. The third kappa shape index (κ3) is 4.54. The van der Waals surface area contributed by atoms with E-state index in [1.165, 1.54) is 6.92 Å². The zero-order chi connectivity index (χ0) is 13.6. The average Bonchev–Trinajstić information content (AvgIpc) is 2.11. The van der Waals surface area contributed by atoms with E-state index in [4.69, 9.17) is 10.2 Å². The summed E-state index contributed by atoms with van der Waals surface area (Å²) in [6, 6.07) is 0. The van der Waals surface area contributed by atoms with Crippen molar-refractivity contribution in [3.05, 3.63) is 0 Å². The zero-order valence-corrected chi connectivity index (χ0v) is 10.5. The lowest BCUT2D eigenvalue weighted by Gasteiger charge is -2.32. The molecule has 2 N–H and O–H groups in total. The lowest BCUT2D eigenvalue weighted by molar-refractivity contribution is -0.161. The van der Waals surface area contributed by atoms with Crippen molar-refractivity contribution in [1.29, 1.82) is 0 Å². The van der Waals surface area contributed by atoms with Crippen LogP contribution in [0, 0.1) is 11.3 Å². The highest BCUT2D eigenvalue weighted by Crippen LogP contribution is 2.37. The number of carbonyl (C=O) groups is 3. The van der Waals surface area contributed by atoms with E-state index in [1.807, 2.05) is 6.92 Å². The summed E-state index contributed by atoms with van der Waals surface area (Å²) in [5.74, 6) is -4.47. The van der Waals surface area contributed by atoms with E-state index in [0.717, 1.165) is 6.42 Å². The van der Waals surface area contributed by atoms with Crippen LogP contribution in [0.25, 0.3) is 0 Å². The van der Waals surface area contributed by atoms with E-state index in [1.54, 1.807) is 6.92 Å². The second-order valence-electron chi connectivity index (χ2n) is 4.75. The predicted octanol–water partition coefficient (Wildman–Crippen LogP) is 1.95. The number of carboxylic acids is 2. The summed E-state index contributed by atoms with van der Waals surface area (Å²) in [4.78, 5) is 33.3. The summed E-state index contributed by atoms with van der Waals surface area (Å²) < 4.78 is 0. The Hall–Kier alpha value is -1.39. The Morgan fingerprint density at radius 2 is 1.65 bits per heavy atom. The van der Waals surface area contributed by atoms with Crippen molar-refractivity contribution in [2.75, 3.05) is 0 Å². The number of aliphatic carboxylic acids is 2. The number of unbranched alkanes of at least 4 members (excludes halogenated alkanes) is 1. The van der Waals surface area contributed by atoms with Crippen LogP contribution in [0.3, 0.4) is 0 Å². The first-order valence-corrected chi connectivity index (χ1v) is 5.69. The molecule has 0 amide bonds. The van der Waals surface area contributed by atoms with Crippen LogP contribution in [-0.2, 0) is 14.4 Å². The first-order chi connectivity index (χ1) is 7.74. The molecule has 0 saturated carbocycles. The smallest absolute Gasteiger partial charge is 0.318 e. The SMILES string of the molecule is CCCCC(C)(CC(C)=O)C(C(=O)O)C(=O)O. The van der Waals surface area contributed by atoms with Crippen molar-refractivity contribution in [3.63, 3.8) is 0 Å². The summed E-state index contributed by atoms with van der Waals surface area (Å²) in [5, 5.41) is 18.0. The maximum absolute atomic E-state index is 11.2. The van der Waals surface area contributed by atoms with Crippen LogP contribution in [-0.4, -0.2) is 27.9 Å². The van der Waals surface area contributed by atoms with E-state index >= 15 is 0 Å². The van der Waals surface area contributed by atoms with Crippen molar-refractivity contribution in [2.24, 2.45) is 11.3 Å². The van der Waals surface area contributed by atoms with E-state index in [-0.39, 0.29) is 12.2 Å². The van der Waals surface area contributed by atoms with E-state index in [9.17, 15) is 14.4 Å². The van der Waals surface area contributed by atoms with Crippen molar-refractivity contribution in [1.82, 2.24) is 0 Å². The number of hydrogen-bond acceptors (Lipinski definition) is 3. The standard InChI is InChI=1S/C12H20O5/c1-4-5-6-12(3,7-8(2)13)9(10(14)15)11(16)17/h9H,4-7H2,1-3H3,(H,14,15)(H,16,17). The number of carboxylic acid groups (broad SMARTS) is 2. The minimum Gasteiger partial charge on any atom is -0.481 e. The Balaban J connectivity index is 5.16. The fourth-order valence-electron chi connectivity index (χ4n) is 2.19. The Labute approximate surface area is 101 Å². The third-order valence-electron chi connectivity index (χ3n) is 2.95. The van der Waals surface area contributed by atoms with Crippen molar-refractivity contribution >= 4 is 17.7 Å². The largest absolute Gasteiger partial charge is 0.481 e. The second-order valence-corrected chi connectivity index (χ2v) is 4.75. The highest BCUT2D eigenvalue weighted by Gasteiger charge is 2.44. The van der Waals surface area contributed by atoms with Gasteiger partial charge in [0.15, 0.2) is 5.92 Å². The van der Waals surface area contributed by atoms with Gasteiger partial charge in [-0.3, -0.25) is 9.59 Å². The molecule has 98 valence electrons. The first-order valence-electron chi connectivity index (χ1n) is 5.69. The van der Waals surface area contributed by atoms with Crippen molar-refractivity contribution in [3.8, 4) is 0 Å². The molecule has 0 aromatic carbocycles. The summed E-state index contributed by atoms with van der Waals surface area (Å²) in [6.07, 6.45) is 1.95. The molecular formula is C12H20O5. The second kappa shape index (κ2) is 6.37. The van der Waals surface area contributed by atoms with Crippen LogP contribution < -0.4 is 0 Å². The van der Waals surface area contributed by atoms with Gasteiger partial charge in [0, 0.05) is 6.42 Å². The van der Waals surface area contributed by atoms with Crippen molar-refractivity contribution < 1.29 is 24.6 Å². The van der Waals surface area contributed by atoms with Gasteiger partial charge < -0.3 is 15.0 Å². The quantitative estimate of drug-likeness (QED) is 0.637. The van der Waals surface area contributed by atoms with Crippen molar-refractivity contribution in [2.45, 2.75) is 46.5 Å². The average molecular weight is 244 g/mol. The topological polar surface area (TPSA) is 91.7 Å². The molecule has 0 heterocycles. The Kier molecular flexibility index (Phi) is 5.85. The van der Waals surface area contributed by atoms with Gasteiger partial charge >= 0.3 is 11.9 Å². The van der Waals surface area contributed by atoms with Crippen LogP contribution in [0.2, 0.25) is 0 Å². The lowest BCUT2D eigenvalue weighted by atomic mass is 9.70. The van der Waals surface area contributed by atoms with E-state index in [2.05, 4.69) is 0 Å². The number of carbonyl (C=O) groups excluding carboxylic acids is 1. The number of rotatable bonds is 8. The van der Waals surface area contributed by atoms with E-state index < -0.39 is 23.3 Å². The summed E-state index contributed by atoms with van der Waals surface area (Å²) in [6.45, 7) is 4.85. The molecule has 17 heavy (non-hydrogen) atoms. The summed E-state index contributed by atoms with van der Waals surface area (Å²) in [5.41, 5.74) is -1.01. The molecule has 1 atom stereocenters. The zero-order valence-electron chi connectivity index (χ0n) is 10.5. The summed E-state index contributed by atoms with van der Waals surface area (Å²) >= 11 is 0. The van der Waals surface area contributed by atoms with Gasteiger partial charge in [0.2, 0.25) is 0 Å². The molecule has 0 spiro atoms. The van der Waals surface area contributed by atoms with Gasteiger partial charge in [0.05, 0.1) is 0 Å². The van der Waals surface area contributed by atoms with Gasteiger partial charge in [0.1, 0.15) is 5.78 Å². The molecule has 5 nitrogen and oxygen atoms in total. The molecule has 1 unspecified atom stereocenters. The Morgan fingerprint density at radius 3 is 1.94 bits per heavy atom. The third-order valence-corrected chi connectivity index (χ3v) is 2.95. The molecule has 0 aliphatic heterocycles. The molecular weight excluding hydrogens is 224 g/mol. The van der Waals surface area contributed by atoms with E-state index in [0.29, 0.717) is 12.8 Å². The molecule has 5 heteroatoms. The molecule has 0 rings (SSSR count). The lowest BCUT2D eigenvalue weighted by Crippen LogP contribution is -2.40. The molecule has 0 bridgehead atoms. The van der Waals surface area contributed by atoms with Gasteiger partial charge in [-0.25, -0.2) is 0 Å². The van der Waals surface area contributed by atoms with Crippen LogP contribution in [0.4, 0.5) is 0 Å². The molecule has 0 aliphatic carbocycles.